The molecule has 122 valence electrons. The molecule has 0 unspecified atom stereocenters. The predicted octanol–water partition coefficient (Wildman–Crippen LogP) is 6.21. The van der Waals surface area contributed by atoms with Gasteiger partial charge in [-0.1, -0.05) is 76.2 Å². The molecule has 3 rings (SSSR count). The first-order valence-electron chi connectivity index (χ1n) is 9.06. The molecule has 0 aliphatic heterocycles. The van der Waals surface area contributed by atoms with E-state index in [9.17, 15) is 0 Å². The molecule has 1 aliphatic carbocycles. The van der Waals surface area contributed by atoms with Crippen LogP contribution in [0, 0.1) is 0 Å². The Labute approximate surface area is 141 Å². The van der Waals surface area contributed by atoms with Crippen LogP contribution < -0.4 is 0 Å². The van der Waals surface area contributed by atoms with Crippen molar-refractivity contribution in [3.63, 3.8) is 0 Å². The highest BCUT2D eigenvalue weighted by molar-refractivity contribution is 5.43. The Morgan fingerprint density at radius 1 is 0.696 bits per heavy atom. The highest BCUT2D eigenvalue weighted by atomic mass is 14.4. The molecule has 0 heteroatoms. The van der Waals surface area contributed by atoms with E-state index in [0.717, 1.165) is 0 Å². The second-order valence-corrected chi connectivity index (χ2v) is 8.49. The SMILES string of the molecule is CC1(C)CCC(C)(C)c2cc(CCCc3ccccc3)ccc21. The summed E-state index contributed by atoms with van der Waals surface area (Å²) in [6, 6.07) is 18.1. The highest BCUT2D eigenvalue weighted by Gasteiger charge is 2.36. The van der Waals surface area contributed by atoms with Gasteiger partial charge in [0.1, 0.15) is 0 Å². The molecule has 0 nitrogen and oxygen atoms in total. The second-order valence-electron chi connectivity index (χ2n) is 8.49. The third-order valence-electron chi connectivity index (χ3n) is 5.69. The summed E-state index contributed by atoms with van der Waals surface area (Å²) in [5, 5.41) is 0. The first-order valence-corrected chi connectivity index (χ1v) is 9.06. The lowest BCUT2D eigenvalue weighted by molar-refractivity contribution is 0.331. The summed E-state index contributed by atoms with van der Waals surface area (Å²) >= 11 is 0. The number of fused-ring (bicyclic) bond motifs is 1. The summed E-state index contributed by atoms with van der Waals surface area (Å²) in [6.45, 7) is 9.62. The van der Waals surface area contributed by atoms with Crippen LogP contribution in [0.2, 0.25) is 0 Å². The van der Waals surface area contributed by atoms with E-state index in [2.05, 4.69) is 76.2 Å². The van der Waals surface area contributed by atoms with Gasteiger partial charge >= 0.3 is 0 Å². The second kappa shape index (κ2) is 6.15. The minimum atomic E-state index is 0.320. The van der Waals surface area contributed by atoms with E-state index in [-0.39, 0.29) is 0 Å². The fraction of sp³-hybridized carbons (Fsp3) is 0.478. The summed E-state index contributed by atoms with van der Waals surface area (Å²) in [5.41, 5.74) is 6.76. The van der Waals surface area contributed by atoms with Gasteiger partial charge in [0.05, 0.1) is 0 Å². The van der Waals surface area contributed by atoms with E-state index in [1.807, 2.05) is 0 Å². The molecule has 0 amide bonds. The van der Waals surface area contributed by atoms with Crippen molar-refractivity contribution in [3.8, 4) is 0 Å². The zero-order valence-corrected chi connectivity index (χ0v) is 15.2. The summed E-state index contributed by atoms with van der Waals surface area (Å²) in [6.07, 6.45) is 6.17. The Morgan fingerprint density at radius 3 is 2.00 bits per heavy atom. The van der Waals surface area contributed by atoms with Gasteiger partial charge in [-0.15, -0.1) is 0 Å². The number of rotatable bonds is 4. The molecular formula is C23H30. The van der Waals surface area contributed by atoms with Crippen molar-refractivity contribution in [3.05, 3.63) is 70.8 Å². The summed E-state index contributed by atoms with van der Waals surface area (Å²) in [7, 11) is 0. The largest absolute Gasteiger partial charge is 0.0622 e. The van der Waals surface area contributed by atoms with Crippen LogP contribution in [0.25, 0.3) is 0 Å². The van der Waals surface area contributed by atoms with Crippen LogP contribution in [-0.4, -0.2) is 0 Å². The molecule has 0 aromatic heterocycles. The summed E-state index contributed by atoms with van der Waals surface area (Å²) in [5.74, 6) is 0. The van der Waals surface area contributed by atoms with Crippen LogP contribution in [0.1, 0.15) is 69.2 Å². The van der Waals surface area contributed by atoms with Gasteiger partial charge in [-0.25, -0.2) is 0 Å². The Hall–Kier alpha value is -1.56. The van der Waals surface area contributed by atoms with Gasteiger partial charge < -0.3 is 0 Å². The van der Waals surface area contributed by atoms with Gasteiger partial charge in [0.2, 0.25) is 0 Å². The highest BCUT2D eigenvalue weighted by Crippen LogP contribution is 2.45. The number of aryl methyl sites for hydroxylation is 2. The molecule has 0 heterocycles. The molecule has 0 N–H and O–H groups in total. The van der Waals surface area contributed by atoms with E-state index in [1.165, 1.54) is 43.2 Å². The Kier molecular flexibility index (Phi) is 4.36. The van der Waals surface area contributed by atoms with E-state index >= 15 is 0 Å². The average Bonchev–Trinajstić information content (AvgIpc) is 2.53. The maximum atomic E-state index is 2.50. The molecular weight excluding hydrogens is 276 g/mol. The van der Waals surface area contributed by atoms with Crippen molar-refractivity contribution in [1.29, 1.82) is 0 Å². The van der Waals surface area contributed by atoms with Crippen molar-refractivity contribution >= 4 is 0 Å². The van der Waals surface area contributed by atoms with Crippen molar-refractivity contribution in [2.24, 2.45) is 0 Å². The van der Waals surface area contributed by atoms with Crippen LogP contribution >= 0.6 is 0 Å². The first-order chi connectivity index (χ1) is 10.9. The van der Waals surface area contributed by atoms with Gasteiger partial charge in [0.15, 0.2) is 0 Å². The zero-order chi connectivity index (χ0) is 16.5. The Balaban J connectivity index is 1.75. The van der Waals surface area contributed by atoms with Crippen LogP contribution in [0.5, 0.6) is 0 Å². The fourth-order valence-corrected chi connectivity index (χ4v) is 3.93. The molecule has 0 atom stereocenters. The van der Waals surface area contributed by atoms with Crippen molar-refractivity contribution in [1.82, 2.24) is 0 Å². The predicted molar refractivity (Wildman–Crippen MR) is 100 cm³/mol. The maximum Gasteiger partial charge on any atom is -0.0100 e. The maximum absolute atomic E-state index is 2.50. The third kappa shape index (κ3) is 3.52. The van der Waals surface area contributed by atoms with Gasteiger partial charge in [-0.05, 0) is 65.2 Å². The van der Waals surface area contributed by atoms with E-state index in [1.54, 1.807) is 11.1 Å². The average molecular weight is 306 g/mol. The molecule has 0 spiro atoms. The normalized spacial score (nSPS) is 18.4. The van der Waals surface area contributed by atoms with E-state index in [0.29, 0.717) is 10.8 Å². The molecule has 0 bridgehead atoms. The van der Waals surface area contributed by atoms with Gasteiger partial charge in [0, 0.05) is 0 Å². The summed E-state index contributed by atoms with van der Waals surface area (Å²) in [4.78, 5) is 0. The quantitative estimate of drug-likeness (QED) is 0.630. The molecule has 0 fully saturated rings. The van der Waals surface area contributed by atoms with Crippen LogP contribution in [0.15, 0.2) is 48.5 Å². The summed E-state index contributed by atoms with van der Waals surface area (Å²) < 4.78 is 0. The third-order valence-corrected chi connectivity index (χ3v) is 5.69. The minimum Gasteiger partial charge on any atom is -0.0622 e. The lowest BCUT2D eigenvalue weighted by Crippen LogP contribution is -2.33. The van der Waals surface area contributed by atoms with Crippen molar-refractivity contribution in [2.45, 2.75) is 70.6 Å². The number of benzene rings is 2. The molecule has 0 radical (unpaired) electrons. The number of hydrogen-bond acceptors (Lipinski definition) is 0. The fourth-order valence-electron chi connectivity index (χ4n) is 3.93. The van der Waals surface area contributed by atoms with Crippen LogP contribution in [0.4, 0.5) is 0 Å². The topological polar surface area (TPSA) is 0 Å². The molecule has 2 aromatic carbocycles. The minimum absolute atomic E-state index is 0.320. The van der Waals surface area contributed by atoms with Crippen molar-refractivity contribution < 1.29 is 0 Å². The van der Waals surface area contributed by atoms with Gasteiger partial charge in [-0.3, -0.25) is 0 Å². The monoisotopic (exact) mass is 306 g/mol. The van der Waals surface area contributed by atoms with Crippen LogP contribution in [-0.2, 0) is 23.7 Å². The molecule has 23 heavy (non-hydrogen) atoms. The van der Waals surface area contributed by atoms with E-state index < -0.39 is 0 Å². The van der Waals surface area contributed by atoms with Crippen molar-refractivity contribution in [2.75, 3.05) is 0 Å². The van der Waals surface area contributed by atoms with Gasteiger partial charge in [0.25, 0.3) is 0 Å². The zero-order valence-electron chi connectivity index (χ0n) is 15.2. The van der Waals surface area contributed by atoms with E-state index in [4.69, 9.17) is 0 Å². The molecule has 0 saturated carbocycles. The number of hydrogen-bond donors (Lipinski definition) is 0. The molecule has 2 aromatic rings. The first kappa shape index (κ1) is 16.3. The molecule has 0 saturated heterocycles. The lowest BCUT2D eigenvalue weighted by atomic mass is 9.63. The van der Waals surface area contributed by atoms with Gasteiger partial charge in [-0.2, -0.15) is 0 Å². The smallest absolute Gasteiger partial charge is 0.0100 e. The Morgan fingerprint density at radius 2 is 1.30 bits per heavy atom. The Bertz CT molecular complexity index is 662. The molecule has 1 aliphatic rings. The van der Waals surface area contributed by atoms with Crippen LogP contribution in [0.3, 0.4) is 0 Å². The lowest BCUT2D eigenvalue weighted by Gasteiger charge is -2.42. The standard InChI is InChI=1S/C23H30/c1-22(2)15-16-23(3,4)21-17-19(13-14-20(21)22)12-8-11-18-9-6-5-7-10-18/h5-7,9-10,13-14,17H,8,11-12,15-16H2,1-4H3.